The highest BCUT2D eigenvalue weighted by atomic mass is 32.2. The molecule has 1 aromatic heterocycles. The molecule has 2 aromatic rings. The first kappa shape index (κ1) is 20.6. The largest absolute Gasteiger partial charge is 0.446 e. The van der Waals surface area contributed by atoms with E-state index in [4.69, 9.17) is 4.74 Å². The normalized spacial score (nSPS) is 24.5. The fraction of sp³-hybridized carbons (Fsp3) is 0.474. The van der Waals surface area contributed by atoms with Gasteiger partial charge >= 0.3 is 6.09 Å². The van der Waals surface area contributed by atoms with E-state index in [9.17, 15) is 17.6 Å². The molecule has 1 aromatic carbocycles. The Morgan fingerprint density at radius 1 is 1.13 bits per heavy atom. The lowest BCUT2D eigenvalue weighted by atomic mass is 10.0. The highest BCUT2D eigenvalue weighted by Crippen LogP contribution is 2.36. The molecule has 1 saturated carbocycles. The predicted octanol–water partition coefficient (Wildman–Crippen LogP) is 2.73. The van der Waals surface area contributed by atoms with Gasteiger partial charge in [0.15, 0.2) is 5.82 Å². The third-order valence-electron chi connectivity index (χ3n) is 5.37. The molecule has 162 valence electrons. The van der Waals surface area contributed by atoms with Crippen molar-refractivity contribution in [3.8, 4) is 0 Å². The lowest BCUT2D eigenvalue weighted by Gasteiger charge is -2.13. The molecule has 5 rings (SSSR count). The molecule has 3 aliphatic rings. The zero-order valence-corrected chi connectivity index (χ0v) is 17.1. The molecule has 11 heteroatoms. The molecule has 3 heterocycles. The van der Waals surface area contributed by atoms with Crippen LogP contribution in [0.15, 0.2) is 29.2 Å². The molecule has 1 fully saturated rings. The molecule has 6 bridgehead atoms. The summed E-state index contributed by atoms with van der Waals surface area (Å²) in [7, 11) is -3.83. The average Bonchev–Trinajstić information content (AvgIpc) is 3.35. The molecule has 1 aliphatic carbocycles. The number of amides is 1. The summed E-state index contributed by atoms with van der Waals surface area (Å²) >= 11 is 0. The maximum absolute atomic E-state index is 14.5. The number of carbonyl (C=O) groups is 1. The first-order chi connectivity index (χ1) is 14.4. The topological polar surface area (TPSA) is 125 Å². The van der Waals surface area contributed by atoms with Crippen LogP contribution >= 0.6 is 0 Å². The van der Waals surface area contributed by atoms with Gasteiger partial charge < -0.3 is 15.4 Å². The number of hydrogen-bond acceptors (Lipinski definition) is 6. The Hall–Kier alpha value is -2.66. The summed E-state index contributed by atoms with van der Waals surface area (Å²) < 4.78 is 47.2. The zero-order chi connectivity index (χ0) is 21.1. The Labute approximate surface area is 173 Å². The summed E-state index contributed by atoms with van der Waals surface area (Å²) in [6, 6.07) is 5.50. The van der Waals surface area contributed by atoms with Crippen LogP contribution in [0.4, 0.5) is 20.7 Å². The number of nitrogens with zero attached hydrogens (tertiary/aromatic N) is 1. The molecule has 2 aliphatic heterocycles. The van der Waals surface area contributed by atoms with Gasteiger partial charge in [0, 0.05) is 30.8 Å². The van der Waals surface area contributed by atoms with Crippen molar-refractivity contribution in [1.82, 2.24) is 20.2 Å². The maximum atomic E-state index is 14.5. The zero-order valence-electron chi connectivity index (χ0n) is 16.3. The molecule has 0 spiro atoms. The number of rotatable bonds is 0. The van der Waals surface area contributed by atoms with Crippen LogP contribution in [0.5, 0.6) is 0 Å². The van der Waals surface area contributed by atoms with Crippen LogP contribution in [0.25, 0.3) is 0 Å². The molecular weight excluding hydrogens is 413 g/mol. The minimum atomic E-state index is -3.83. The van der Waals surface area contributed by atoms with Gasteiger partial charge in [-0.2, -0.15) is 5.10 Å². The lowest BCUT2D eigenvalue weighted by Crippen LogP contribution is -2.30. The number of sulfonamides is 1. The van der Waals surface area contributed by atoms with Crippen molar-refractivity contribution in [3.05, 3.63) is 35.8 Å². The van der Waals surface area contributed by atoms with Crippen molar-refractivity contribution in [3.63, 3.8) is 0 Å². The number of anilines is 2. The highest BCUT2D eigenvalue weighted by Gasteiger charge is 2.30. The van der Waals surface area contributed by atoms with E-state index in [1.54, 1.807) is 6.07 Å². The second-order valence-electron chi connectivity index (χ2n) is 7.54. The number of H-pyrrole nitrogens is 1. The number of halogens is 1. The Bertz CT molecular complexity index is 1030. The lowest BCUT2D eigenvalue weighted by molar-refractivity contribution is 0.100. The average molecular weight is 437 g/mol. The first-order valence-corrected chi connectivity index (χ1v) is 11.4. The van der Waals surface area contributed by atoms with Gasteiger partial charge in [0.2, 0.25) is 10.0 Å². The predicted molar refractivity (Wildman–Crippen MR) is 108 cm³/mol. The minimum Gasteiger partial charge on any atom is -0.446 e. The number of fused-ring (bicyclic) bond motifs is 10. The molecule has 0 saturated heterocycles. The van der Waals surface area contributed by atoms with Gasteiger partial charge in [-0.05, 0) is 50.3 Å². The Kier molecular flexibility index (Phi) is 5.91. The van der Waals surface area contributed by atoms with E-state index >= 15 is 0 Å². The van der Waals surface area contributed by atoms with E-state index in [1.165, 1.54) is 12.1 Å². The van der Waals surface area contributed by atoms with Crippen molar-refractivity contribution in [2.24, 2.45) is 0 Å². The van der Waals surface area contributed by atoms with Crippen molar-refractivity contribution < 1.29 is 22.3 Å². The Morgan fingerprint density at radius 3 is 2.80 bits per heavy atom. The van der Waals surface area contributed by atoms with Crippen LogP contribution < -0.4 is 15.4 Å². The van der Waals surface area contributed by atoms with Crippen LogP contribution in [-0.2, 0) is 14.8 Å². The highest BCUT2D eigenvalue weighted by molar-refractivity contribution is 7.89. The van der Waals surface area contributed by atoms with Gasteiger partial charge in [0.1, 0.15) is 11.9 Å². The number of nitrogens with one attached hydrogen (secondary N) is 4. The number of hydrogen-bond donors (Lipinski definition) is 4. The quantitative estimate of drug-likeness (QED) is 0.502. The SMILES string of the molecule is O=C1NCCCCNS(=O)(=O)c2ccc(c(F)c2)Nc2cc([nH]n2)[C@@H]2CC[C@@H](C2)O1. The monoisotopic (exact) mass is 437 g/mol. The van der Waals surface area contributed by atoms with Crippen molar-refractivity contribution in [2.75, 3.05) is 18.4 Å². The fourth-order valence-corrected chi connectivity index (χ4v) is 4.85. The van der Waals surface area contributed by atoms with E-state index in [0.717, 1.165) is 24.6 Å². The van der Waals surface area contributed by atoms with Gasteiger partial charge in [-0.25, -0.2) is 22.3 Å². The van der Waals surface area contributed by atoms with E-state index in [0.29, 0.717) is 31.6 Å². The molecule has 1 amide bonds. The van der Waals surface area contributed by atoms with Crippen molar-refractivity contribution >= 4 is 27.6 Å². The third kappa shape index (κ3) is 4.73. The number of carbonyl (C=O) groups excluding carboxylic acids is 1. The van der Waals surface area contributed by atoms with Gasteiger partial charge in [0.05, 0.1) is 10.6 Å². The second kappa shape index (κ2) is 8.60. The molecule has 4 N–H and O–H groups in total. The smallest absolute Gasteiger partial charge is 0.407 e. The van der Waals surface area contributed by atoms with Gasteiger partial charge in [-0.3, -0.25) is 5.10 Å². The maximum Gasteiger partial charge on any atom is 0.407 e. The van der Waals surface area contributed by atoms with E-state index in [-0.39, 0.29) is 29.1 Å². The Balaban J connectivity index is 1.56. The van der Waals surface area contributed by atoms with Crippen LogP contribution in [-0.4, -0.2) is 43.9 Å². The molecule has 0 radical (unpaired) electrons. The van der Waals surface area contributed by atoms with Crippen LogP contribution in [0.2, 0.25) is 0 Å². The van der Waals surface area contributed by atoms with Gasteiger partial charge in [-0.1, -0.05) is 0 Å². The first-order valence-electron chi connectivity index (χ1n) is 9.97. The van der Waals surface area contributed by atoms with Crippen LogP contribution in [0, 0.1) is 5.82 Å². The van der Waals surface area contributed by atoms with E-state index in [2.05, 4.69) is 25.6 Å². The number of aromatic amines is 1. The second-order valence-corrected chi connectivity index (χ2v) is 9.31. The van der Waals surface area contributed by atoms with Crippen molar-refractivity contribution in [2.45, 2.75) is 49.0 Å². The summed E-state index contributed by atoms with van der Waals surface area (Å²) in [6.45, 7) is 0.566. The van der Waals surface area contributed by atoms with E-state index < -0.39 is 21.9 Å². The summed E-state index contributed by atoms with van der Waals surface area (Å²) in [5.74, 6) is -0.0945. The van der Waals surface area contributed by atoms with Crippen molar-refractivity contribution in [1.29, 1.82) is 0 Å². The van der Waals surface area contributed by atoms with Gasteiger partial charge in [0.25, 0.3) is 0 Å². The summed E-state index contributed by atoms with van der Waals surface area (Å²) in [4.78, 5) is 11.8. The summed E-state index contributed by atoms with van der Waals surface area (Å²) in [5, 5.41) is 12.7. The van der Waals surface area contributed by atoms with Gasteiger partial charge in [-0.15, -0.1) is 0 Å². The summed E-state index contributed by atoms with van der Waals surface area (Å²) in [5.41, 5.74) is 1.01. The van der Waals surface area contributed by atoms with Crippen LogP contribution in [0.3, 0.4) is 0 Å². The molecule has 2 atom stereocenters. The molecule has 9 nitrogen and oxygen atoms in total. The number of ether oxygens (including phenoxy) is 1. The fourth-order valence-electron chi connectivity index (χ4n) is 3.77. The Morgan fingerprint density at radius 2 is 1.97 bits per heavy atom. The molecule has 30 heavy (non-hydrogen) atoms. The van der Waals surface area contributed by atoms with Crippen LogP contribution in [0.1, 0.15) is 43.7 Å². The molecule has 0 unspecified atom stereocenters. The number of benzene rings is 1. The summed E-state index contributed by atoms with van der Waals surface area (Å²) in [6.07, 6.45) is 2.78. The number of aromatic nitrogens is 2. The number of alkyl carbamates (subject to hydrolysis) is 1. The third-order valence-corrected chi connectivity index (χ3v) is 6.83. The molecular formula is C19H24FN5O4S. The standard InChI is InChI=1S/C19H24FN5O4S/c20-15-10-14-5-6-16(15)23-18-11-17(24-25-18)12-3-4-13(9-12)29-19(26)21-7-1-2-8-22-30(14,27)28/h5-6,10-13,22H,1-4,7-9H2,(H,21,26)(H2,23,24,25)/t12-,13+/m1/s1. The van der Waals surface area contributed by atoms with E-state index in [1.807, 2.05) is 0 Å². The minimum absolute atomic E-state index is 0.130.